The van der Waals surface area contributed by atoms with Crippen LogP contribution in [0.3, 0.4) is 0 Å². The summed E-state index contributed by atoms with van der Waals surface area (Å²) >= 11 is 0. The fourth-order valence-corrected chi connectivity index (χ4v) is 1.79. The van der Waals surface area contributed by atoms with Gasteiger partial charge in [0.15, 0.2) is 17.4 Å². The Morgan fingerprint density at radius 3 is 2.87 bits per heavy atom. The third kappa shape index (κ3) is 1.90. The first-order valence-electron chi connectivity index (χ1n) is 4.92. The van der Waals surface area contributed by atoms with E-state index < -0.39 is 11.6 Å². The molecule has 1 aromatic rings. The third-order valence-electron chi connectivity index (χ3n) is 2.59. The van der Waals surface area contributed by atoms with Crippen molar-refractivity contribution in [3.8, 4) is 0 Å². The van der Waals surface area contributed by atoms with Crippen molar-refractivity contribution in [2.24, 2.45) is 0 Å². The number of hydrogen-bond acceptors (Lipinski definition) is 2. The quantitative estimate of drug-likeness (QED) is 0.757. The number of nitrogens with one attached hydrogen (secondary N) is 1. The van der Waals surface area contributed by atoms with Crippen molar-refractivity contribution in [2.45, 2.75) is 18.9 Å². The lowest BCUT2D eigenvalue weighted by atomic mass is 10.0. The van der Waals surface area contributed by atoms with Crippen molar-refractivity contribution in [1.82, 2.24) is 5.32 Å². The second kappa shape index (κ2) is 4.06. The number of benzene rings is 1. The molecule has 1 aliphatic rings. The van der Waals surface area contributed by atoms with E-state index in [1.54, 1.807) is 0 Å². The topological polar surface area (TPSA) is 29.1 Å². The minimum atomic E-state index is -1.05. The molecule has 1 atom stereocenters. The maximum Gasteiger partial charge on any atom is 0.182 e. The second-order valence-corrected chi connectivity index (χ2v) is 3.61. The summed E-state index contributed by atoms with van der Waals surface area (Å²) in [6.07, 6.45) is 1.59. The Balaban J connectivity index is 2.28. The Morgan fingerprint density at radius 2 is 2.20 bits per heavy atom. The Labute approximate surface area is 86.3 Å². The fourth-order valence-electron chi connectivity index (χ4n) is 1.79. The van der Waals surface area contributed by atoms with Crippen LogP contribution in [0.4, 0.5) is 8.78 Å². The molecule has 0 radical (unpaired) electrons. The molecule has 2 rings (SSSR count). The molecule has 4 heteroatoms. The molecule has 1 N–H and O–H groups in total. The highest BCUT2D eigenvalue weighted by molar-refractivity contribution is 6.00. The van der Waals surface area contributed by atoms with Gasteiger partial charge >= 0.3 is 0 Å². The summed E-state index contributed by atoms with van der Waals surface area (Å²) in [5.74, 6) is -2.38. The third-order valence-corrected chi connectivity index (χ3v) is 2.59. The molecule has 0 amide bonds. The van der Waals surface area contributed by atoms with Crippen LogP contribution in [0, 0.1) is 11.6 Å². The molecule has 1 aliphatic heterocycles. The van der Waals surface area contributed by atoms with Crippen LogP contribution in [0.15, 0.2) is 18.2 Å². The standard InChI is InChI=1S/C11H11F2NO/c12-8-4-1-3-7(10(8)13)11(15)9-5-2-6-14-9/h1,3-4,9,14H,2,5-6H2. The van der Waals surface area contributed by atoms with Crippen molar-refractivity contribution in [2.75, 3.05) is 6.54 Å². The predicted molar refractivity (Wildman–Crippen MR) is 51.7 cm³/mol. The largest absolute Gasteiger partial charge is 0.307 e. The van der Waals surface area contributed by atoms with E-state index in [-0.39, 0.29) is 17.4 Å². The maximum atomic E-state index is 13.3. The molecule has 0 aromatic heterocycles. The molecule has 0 aliphatic carbocycles. The minimum Gasteiger partial charge on any atom is -0.307 e. The summed E-state index contributed by atoms with van der Waals surface area (Å²) in [6, 6.07) is 3.32. The van der Waals surface area contributed by atoms with Gasteiger partial charge in [0.1, 0.15) is 0 Å². The van der Waals surface area contributed by atoms with Crippen LogP contribution in [0.25, 0.3) is 0 Å². The van der Waals surface area contributed by atoms with E-state index in [9.17, 15) is 13.6 Å². The number of hydrogen-bond donors (Lipinski definition) is 1. The summed E-state index contributed by atoms with van der Waals surface area (Å²) < 4.78 is 26.2. The van der Waals surface area contributed by atoms with Crippen LogP contribution in [0.1, 0.15) is 23.2 Å². The monoisotopic (exact) mass is 211 g/mol. The zero-order chi connectivity index (χ0) is 10.8. The van der Waals surface area contributed by atoms with Gasteiger partial charge in [-0.05, 0) is 31.5 Å². The van der Waals surface area contributed by atoms with Crippen LogP contribution < -0.4 is 5.32 Å². The summed E-state index contributed by atoms with van der Waals surface area (Å²) in [5, 5.41) is 2.96. The van der Waals surface area contributed by atoms with E-state index in [0.29, 0.717) is 6.42 Å². The number of halogens is 2. The Bertz CT molecular complexity index is 386. The summed E-state index contributed by atoms with van der Waals surface area (Å²) in [5.41, 5.74) is -0.158. The van der Waals surface area contributed by atoms with Gasteiger partial charge in [0.05, 0.1) is 11.6 Å². The van der Waals surface area contributed by atoms with E-state index >= 15 is 0 Å². The second-order valence-electron chi connectivity index (χ2n) is 3.61. The SMILES string of the molecule is O=C(c1cccc(F)c1F)C1CCCN1. The molecule has 1 heterocycles. The van der Waals surface area contributed by atoms with Gasteiger partial charge in [0, 0.05) is 0 Å². The Kier molecular flexibility index (Phi) is 2.77. The Morgan fingerprint density at radius 1 is 1.40 bits per heavy atom. The molecule has 0 bridgehead atoms. The highest BCUT2D eigenvalue weighted by Crippen LogP contribution is 2.17. The smallest absolute Gasteiger partial charge is 0.182 e. The van der Waals surface area contributed by atoms with Gasteiger partial charge in [-0.2, -0.15) is 0 Å². The summed E-state index contributed by atoms with van der Waals surface area (Å²) in [4.78, 5) is 11.8. The number of carbonyl (C=O) groups excluding carboxylic acids is 1. The van der Waals surface area contributed by atoms with E-state index in [0.717, 1.165) is 19.0 Å². The Hall–Kier alpha value is -1.29. The predicted octanol–water partition coefficient (Wildman–Crippen LogP) is 1.90. The van der Waals surface area contributed by atoms with Crippen molar-refractivity contribution in [3.05, 3.63) is 35.4 Å². The molecule has 80 valence electrons. The molecular weight excluding hydrogens is 200 g/mol. The first-order chi connectivity index (χ1) is 7.20. The summed E-state index contributed by atoms with van der Waals surface area (Å²) in [6.45, 7) is 0.757. The average molecular weight is 211 g/mol. The first-order valence-corrected chi connectivity index (χ1v) is 4.92. The van der Waals surface area contributed by atoms with E-state index in [4.69, 9.17) is 0 Å². The number of ketones is 1. The molecule has 0 spiro atoms. The van der Waals surface area contributed by atoms with Crippen LogP contribution >= 0.6 is 0 Å². The van der Waals surface area contributed by atoms with Gasteiger partial charge < -0.3 is 5.32 Å². The molecule has 2 nitrogen and oxygen atoms in total. The van der Waals surface area contributed by atoms with Crippen LogP contribution in [-0.4, -0.2) is 18.4 Å². The summed E-state index contributed by atoms with van der Waals surface area (Å²) in [7, 11) is 0. The van der Waals surface area contributed by atoms with E-state index in [1.165, 1.54) is 12.1 Å². The van der Waals surface area contributed by atoms with Gasteiger partial charge in [-0.1, -0.05) is 6.07 Å². The van der Waals surface area contributed by atoms with Crippen LogP contribution in [0.2, 0.25) is 0 Å². The molecule has 1 aromatic carbocycles. The van der Waals surface area contributed by atoms with Crippen molar-refractivity contribution in [3.63, 3.8) is 0 Å². The van der Waals surface area contributed by atoms with Crippen molar-refractivity contribution in [1.29, 1.82) is 0 Å². The lowest BCUT2D eigenvalue weighted by Gasteiger charge is -2.09. The molecule has 1 saturated heterocycles. The van der Waals surface area contributed by atoms with Gasteiger partial charge in [-0.3, -0.25) is 4.79 Å². The highest BCUT2D eigenvalue weighted by Gasteiger charge is 2.26. The van der Waals surface area contributed by atoms with Gasteiger partial charge in [-0.15, -0.1) is 0 Å². The minimum absolute atomic E-state index is 0.158. The average Bonchev–Trinajstić information content (AvgIpc) is 2.74. The maximum absolute atomic E-state index is 13.3. The normalized spacial score (nSPS) is 20.5. The van der Waals surface area contributed by atoms with Crippen LogP contribution in [0.5, 0.6) is 0 Å². The molecule has 15 heavy (non-hydrogen) atoms. The molecular formula is C11H11F2NO. The van der Waals surface area contributed by atoms with Crippen LogP contribution in [-0.2, 0) is 0 Å². The lowest BCUT2D eigenvalue weighted by molar-refractivity contribution is 0.0947. The number of Topliss-reactive ketones (excluding diaryl/α,β-unsaturated/α-hetero) is 1. The van der Waals surface area contributed by atoms with Crippen molar-refractivity contribution < 1.29 is 13.6 Å². The van der Waals surface area contributed by atoms with Gasteiger partial charge in [0.25, 0.3) is 0 Å². The number of rotatable bonds is 2. The zero-order valence-corrected chi connectivity index (χ0v) is 8.09. The zero-order valence-electron chi connectivity index (χ0n) is 8.09. The lowest BCUT2D eigenvalue weighted by Crippen LogP contribution is -2.31. The molecule has 1 unspecified atom stereocenters. The van der Waals surface area contributed by atoms with Gasteiger partial charge in [0.2, 0.25) is 0 Å². The number of carbonyl (C=O) groups is 1. The van der Waals surface area contributed by atoms with E-state index in [2.05, 4.69) is 5.32 Å². The molecule has 1 fully saturated rings. The van der Waals surface area contributed by atoms with Gasteiger partial charge in [-0.25, -0.2) is 8.78 Å². The fraction of sp³-hybridized carbons (Fsp3) is 0.364. The van der Waals surface area contributed by atoms with E-state index in [1.807, 2.05) is 0 Å². The first kappa shape index (κ1) is 10.2. The highest BCUT2D eigenvalue weighted by atomic mass is 19.2. The molecule has 0 saturated carbocycles. The van der Waals surface area contributed by atoms with Crippen molar-refractivity contribution >= 4 is 5.78 Å².